The third-order valence-corrected chi connectivity index (χ3v) is 3.77. The molecule has 3 rings (SSSR count). The molecule has 0 aromatic heterocycles. The fourth-order valence-electron chi connectivity index (χ4n) is 2.63. The molecule has 1 fully saturated rings. The predicted molar refractivity (Wildman–Crippen MR) is 68.4 cm³/mol. The molecule has 3 heteroatoms. The minimum atomic E-state index is 0.392. The lowest BCUT2D eigenvalue weighted by Gasteiger charge is -2.38. The van der Waals surface area contributed by atoms with Crippen molar-refractivity contribution in [1.82, 2.24) is 10.2 Å². The number of nitrogens with zero attached hydrogens (tertiary/aromatic N) is 1. The first kappa shape index (κ1) is 11.1. The molecule has 17 heavy (non-hydrogen) atoms. The van der Waals surface area contributed by atoms with Crippen LogP contribution in [-0.2, 0) is 13.0 Å². The Morgan fingerprint density at radius 1 is 1.41 bits per heavy atom. The first-order valence-electron chi connectivity index (χ1n) is 6.57. The number of benzene rings is 1. The highest BCUT2D eigenvalue weighted by atomic mass is 16.5. The number of rotatable bonds is 3. The van der Waals surface area contributed by atoms with E-state index < -0.39 is 0 Å². The van der Waals surface area contributed by atoms with Crippen molar-refractivity contribution in [2.75, 3.05) is 26.2 Å². The molecule has 0 saturated carbocycles. The summed E-state index contributed by atoms with van der Waals surface area (Å²) in [5.41, 5.74) is 2.82. The maximum atomic E-state index is 6.10. The van der Waals surface area contributed by atoms with Gasteiger partial charge in [0.05, 0.1) is 0 Å². The quantitative estimate of drug-likeness (QED) is 0.853. The monoisotopic (exact) mass is 232 g/mol. The van der Waals surface area contributed by atoms with Crippen LogP contribution in [0.3, 0.4) is 0 Å². The van der Waals surface area contributed by atoms with Crippen LogP contribution in [0.4, 0.5) is 0 Å². The molecule has 92 valence electrons. The van der Waals surface area contributed by atoms with Crippen LogP contribution in [0.25, 0.3) is 0 Å². The van der Waals surface area contributed by atoms with Crippen LogP contribution >= 0.6 is 0 Å². The standard InChI is InChI=1S/C14H20N2O/c1-2-16-9-12(10-16)17-14-5-3-4-11-6-7-15-8-13(11)14/h3-5,12,15H,2,6-10H2,1H3. The van der Waals surface area contributed by atoms with Gasteiger partial charge in [-0.05, 0) is 31.1 Å². The molecule has 0 atom stereocenters. The Kier molecular flexibility index (Phi) is 3.04. The summed E-state index contributed by atoms with van der Waals surface area (Å²) in [4.78, 5) is 2.40. The number of fused-ring (bicyclic) bond motifs is 1. The molecular formula is C14H20N2O. The van der Waals surface area contributed by atoms with Gasteiger partial charge in [-0.2, -0.15) is 0 Å². The Balaban J connectivity index is 1.71. The van der Waals surface area contributed by atoms with Crippen molar-refractivity contribution in [2.45, 2.75) is 26.0 Å². The van der Waals surface area contributed by atoms with E-state index in [9.17, 15) is 0 Å². The lowest BCUT2D eigenvalue weighted by Crippen LogP contribution is -2.53. The summed E-state index contributed by atoms with van der Waals surface area (Å²) < 4.78 is 6.10. The van der Waals surface area contributed by atoms with Crippen LogP contribution in [0.5, 0.6) is 5.75 Å². The van der Waals surface area contributed by atoms with Crippen LogP contribution in [0.1, 0.15) is 18.1 Å². The topological polar surface area (TPSA) is 24.5 Å². The van der Waals surface area contributed by atoms with E-state index in [1.165, 1.54) is 11.1 Å². The van der Waals surface area contributed by atoms with Crippen LogP contribution in [0.2, 0.25) is 0 Å². The highest BCUT2D eigenvalue weighted by Gasteiger charge is 2.27. The zero-order valence-electron chi connectivity index (χ0n) is 10.4. The molecule has 0 bridgehead atoms. The van der Waals surface area contributed by atoms with E-state index in [4.69, 9.17) is 4.74 Å². The second-order valence-electron chi connectivity index (χ2n) is 4.91. The van der Waals surface area contributed by atoms with E-state index in [1.54, 1.807) is 0 Å². The number of likely N-dealkylation sites (N-methyl/N-ethyl adjacent to an activating group) is 1. The lowest BCUT2D eigenvalue weighted by molar-refractivity contribution is 0.0230. The van der Waals surface area contributed by atoms with E-state index in [0.29, 0.717) is 6.10 Å². The maximum Gasteiger partial charge on any atom is 0.124 e. The number of hydrogen-bond donors (Lipinski definition) is 1. The van der Waals surface area contributed by atoms with Crippen LogP contribution in [0, 0.1) is 0 Å². The molecule has 0 spiro atoms. The molecule has 2 aliphatic rings. The minimum Gasteiger partial charge on any atom is -0.487 e. The van der Waals surface area contributed by atoms with Crippen LogP contribution in [0.15, 0.2) is 18.2 Å². The zero-order chi connectivity index (χ0) is 11.7. The highest BCUT2D eigenvalue weighted by molar-refractivity contribution is 5.41. The van der Waals surface area contributed by atoms with E-state index in [0.717, 1.165) is 44.9 Å². The predicted octanol–water partition coefficient (Wildman–Crippen LogP) is 1.42. The van der Waals surface area contributed by atoms with Gasteiger partial charge in [0, 0.05) is 25.2 Å². The Hall–Kier alpha value is -1.06. The number of ether oxygens (including phenoxy) is 1. The van der Waals surface area contributed by atoms with E-state index in [-0.39, 0.29) is 0 Å². The number of likely N-dealkylation sites (tertiary alicyclic amines) is 1. The summed E-state index contributed by atoms with van der Waals surface area (Å²) in [5, 5.41) is 3.42. The Labute approximate surface area is 103 Å². The van der Waals surface area contributed by atoms with Crippen molar-refractivity contribution in [3.8, 4) is 5.75 Å². The fraction of sp³-hybridized carbons (Fsp3) is 0.571. The Morgan fingerprint density at radius 3 is 3.12 bits per heavy atom. The van der Waals surface area contributed by atoms with Gasteiger partial charge in [-0.15, -0.1) is 0 Å². The first-order chi connectivity index (χ1) is 8.36. The number of nitrogens with one attached hydrogen (secondary N) is 1. The molecule has 0 radical (unpaired) electrons. The maximum absolute atomic E-state index is 6.10. The summed E-state index contributed by atoms with van der Waals surface area (Å²) in [6, 6.07) is 6.46. The van der Waals surface area contributed by atoms with Crippen molar-refractivity contribution in [2.24, 2.45) is 0 Å². The molecule has 0 unspecified atom stereocenters. The second-order valence-corrected chi connectivity index (χ2v) is 4.91. The minimum absolute atomic E-state index is 0.392. The smallest absolute Gasteiger partial charge is 0.124 e. The van der Waals surface area contributed by atoms with E-state index in [1.807, 2.05) is 0 Å². The Morgan fingerprint density at radius 2 is 2.29 bits per heavy atom. The van der Waals surface area contributed by atoms with Gasteiger partial charge in [-0.25, -0.2) is 0 Å². The normalized spacial score (nSPS) is 20.8. The summed E-state index contributed by atoms with van der Waals surface area (Å²) in [6.07, 6.45) is 1.52. The molecule has 1 aromatic carbocycles. The van der Waals surface area contributed by atoms with Gasteiger partial charge in [0.25, 0.3) is 0 Å². The molecule has 1 N–H and O–H groups in total. The first-order valence-corrected chi connectivity index (χ1v) is 6.57. The molecule has 2 aliphatic heterocycles. The molecule has 0 aliphatic carbocycles. The fourth-order valence-corrected chi connectivity index (χ4v) is 2.63. The van der Waals surface area contributed by atoms with Crippen molar-refractivity contribution in [3.63, 3.8) is 0 Å². The zero-order valence-corrected chi connectivity index (χ0v) is 10.4. The average molecular weight is 232 g/mol. The van der Waals surface area contributed by atoms with Gasteiger partial charge in [-0.1, -0.05) is 19.1 Å². The molecule has 1 aromatic rings. The van der Waals surface area contributed by atoms with Gasteiger partial charge in [0.2, 0.25) is 0 Å². The van der Waals surface area contributed by atoms with Crippen LogP contribution in [-0.4, -0.2) is 37.2 Å². The molecule has 1 saturated heterocycles. The third kappa shape index (κ3) is 2.17. The summed E-state index contributed by atoms with van der Waals surface area (Å²) in [5.74, 6) is 1.09. The van der Waals surface area contributed by atoms with Gasteiger partial charge < -0.3 is 10.1 Å². The molecular weight excluding hydrogens is 212 g/mol. The van der Waals surface area contributed by atoms with Crippen molar-refractivity contribution in [3.05, 3.63) is 29.3 Å². The van der Waals surface area contributed by atoms with E-state index in [2.05, 4.69) is 35.3 Å². The highest BCUT2D eigenvalue weighted by Crippen LogP contribution is 2.27. The summed E-state index contributed by atoms with van der Waals surface area (Å²) >= 11 is 0. The summed E-state index contributed by atoms with van der Waals surface area (Å²) in [6.45, 7) is 7.53. The van der Waals surface area contributed by atoms with Crippen molar-refractivity contribution >= 4 is 0 Å². The average Bonchev–Trinajstić information content (AvgIpc) is 2.33. The molecule has 2 heterocycles. The van der Waals surface area contributed by atoms with Crippen LogP contribution < -0.4 is 10.1 Å². The van der Waals surface area contributed by atoms with Gasteiger partial charge >= 0.3 is 0 Å². The number of hydrogen-bond acceptors (Lipinski definition) is 3. The van der Waals surface area contributed by atoms with E-state index >= 15 is 0 Å². The van der Waals surface area contributed by atoms with Gasteiger partial charge in [0.1, 0.15) is 11.9 Å². The second kappa shape index (κ2) is 4.67. The molecule has 0 amide bonds. The Bertz CT molecular complexity index is 399. The van der Waals surface area contributed by atoms with Crippen molar-refractivity contribution < 1.29 is 4.74 Å². The lowest BCUT2D eigenvalue weighted by atomic mass is 10.00. The van der Waals surface area contributed by atoms with Crippen molar-refractivity contribution in [1.29, 1.82) is 0 Å². The van der Waals surface area contributed by atoms with Gasteiger partial charge in [-0.3, -0.25) is 4.90 Å². The third-order valence-electron chi connectivity index (χ3n) is 3.77. The largest absolute Gasteiger partial charge is 0.487 e. The SMILES string of the molecule is CCN1CC(Oc2cccc3c2CNCC3)C1. The molecule has 3 nitrogen and oxygen atoms in total. The summed E-state index contributed by atoms with van der Waals surface area (Å²) in [7, 11) is 0. The van der Waals surface area contributed by atoms with Gasteiger partial charge in [0.15, 0.2) is 0 Å².